The van der Waals surface area contributed by atoms with Gasteiger partial charge in [-0.15, -0.1) is 0 Å². The summed E-state index contributed by atoms with van der Waals surface area (Å²) in [6.45, 7) is 2.15. The molecule has 0 bridgehead atoms. The van der Waals surface area contributed by atoms with Crippen LogP contribution < -0.4 is 14.4 Å². The monoisotopic (exact) mass is 354 g/mol. The summed E-state index contributed by atoms with van der Waals surface area (Å²) in [5.74, 6) is 1.57. The van der Waals surface area contributed by atoms with Gasteiger partial charge in [-0.1, -0.05) is 12.2 Å². The summed E-state index contributed by atoms with van der Waals surface area (Å²) in [5, 5.41) is 0. The van der Waals surface area contributed by atoms with E-state index in [9.17, 15) is 0 Å². The third kappa shape index (κ3) is 2.86. The van der Waals surface area contributed by atoms with E-state index in [1.54, 1.807) is 13.3 Å². The lowest BCUT2D eigenvalue weighted by molar-refractivity contribution is 0.201. The normalized spacial score (nSPS) is 20.0. The van der Waals surface area contributed by atoms with Gasteiger partial charge in [0.1, 0.15) is 4.99 Å². The Bertz CT molecular complexity index is 802. The Labute approximate surface area is 153 Å². The van der Waals surface area contributed by atoms with Crippen LogP contribution in [0.25, 0.3) is 0 Å². The van der Waals surface area contributed by atoms with E-state index in [0.29, 0.717) is 0 Å². The molecule has 2 aliphatic rings. The van der Waals surface area contributed by atoms with Crippen LogP contribution in [0.15, 0.2) is 36.7 Å². The maximum atomic E-state index is 6.24. The predicted octanol–water partition coefficient (Wildman–Crippen LogP) is 4.67. The van der Waals surface area contributed by atoms with Gasteiger partial charge in [-0.3, -0.25) is 4.98 Å². The highest BCUT2D eigenvalue weighted by Gasteiger charge is 2.32. The molecule has 5 heteroatoms. The summed E-state index contributed by atoms with van der Waals surface area (Å²) in [4.78, 5) is 7.26. The topological polar surface area (TPSA) is 34.6 Å². The van der Waals surface area contributed by atoms with Crippen LogP contribution in [0.1, 0.15) is 49.8 Å². The fourth-order valence-electron chi connectivity index (χ4n) is 3.81. The van der Waals surface area contributed by atoms with Gasteiger partial charge in [-0.2, -0.15) is 0 Å². The highest BCUT2D eigenvalue weighted by Crippen LogP contribution is 2.41. The van der Waals surface area contributed by atoms with Gasteiger partial charge in [0.05, 0.1) is 19.3 Å². The fraction of sp³-hybridized carbons (Fsp3) is 0.400. The first-order valence-corrected chi connectivity index (χ1v) is 9.22. The zero-order chi connectivity index (χ0) is 17.4. The Kier molecular flexibility index (Phi) is 4.34. The molecule has 1 aliphatic heterocycles. The van der Waals surface area contributed by atoms with E-state index < -0.39 is 0 Å². The number of thiocarbonyl (C=S) groups is 1. The molecule has 1 aliphatic carbocycles. The lowest BCUT2D eigenvalue weighted by Crippen LogP contribution is -2.25. The number of nitrogens with zero attached hydrogens (tertiary/aromatic N) is 2. The summed E-state index contributed by atoms with van der Waals surface area (Å²) < 4.78 is 11.7. The highest BCUT2D eigenvalue weighted by molar-refractivity contribution is 7.81. The van der Waals surface area contributed by atoms with Gasteiger partial charge in [0.2, 0.25) is 0 Å². The molecule has 1 saturated carbocycles. The van der Waals surface area contributed by atoms with Crippen LogP contribution in [-0.4, -0.2) is 23.2 Å². The van der Waals surface area contributed by atoms with E-state index in [1.807, 2.05) is 24.4 Å². The molecule has 1 aromatic carbocycles. The number of hydrogen-bond acceptors (Lipinski definition) is 4. The molecule has 0 N–H and O–H groups in total. The number of fused-ring (bicyclic) bond motifs is 1. The minimum atomic E-state index is 0.156. The average molecular weight is 354 g/mol. The van der Waals surface area contributed by atoms with E-state index in [1.165, 1.54) is 18.4 Å². The number of rotatable bonds is 4. The standard InChI is InChI=1S/C20H22N2O2S/c1-13-17-12-21-10-9-16(17)20(25)22(13)14-7-8-18(23-2)19(11-14)24-15-5-3-4-6-15/h7-13,15H,3-6H2,1-2H3. The minimum Gasteiger partial charge on any atom is -0.493 e. The van der Waals surface area contributed by atoms with Gasteiger partial charge in [0, 0.05) is 35.3 Å². The Hall–Kier alpha value is -2.14. The second-order valence-electron chi connectivity index (χ2n) is 6.67. The Morgan fingerprint density at radius 1 is 1.16 bits per heavy atom. The summed E-state index contributed by atoms with van der Waals surface area (Å²) in [5.41, 5.74) is 3.29. The number of benzene rings is 1. The van der Waals surface area contributed by atoms with Crippen LogP contribution in [-0.2, 0) is 0 Å². The first-order valence-electron chi connectivity index (χ1n) is 8.81. The molecule has 0 spiro atoms. The van der Waals surface area contributed by atoms with Crippen LogP contribution in [0.2, 0.25) is 0 Å². The Morgan fingerprint density at radius 3 is 2.68 bits per heavy atom. The smallest absolute Gasteiger partial charge is 0.163 e. The van der Waals surface area contributed by atoms with Crippen LogP contribution >= 0.6 is 12.2 Å². The first-order chi connectivity index (χ1) is 12.2. The van der Waals surface area contributed by atoms with Crippen molar-refractivity contribution in [3.63, 3.8) is 0 Å². The Balaban J connectivity index is 1.68. The van der Waals surface area contributed by atoms with Gasteiger partial charge < -0.3 is 14.4 Å². The highest BCUT2D eigenvalue weighted by atomic mass is 32.1. The largest absolute Gasteiger partial charge is 0.493 e. The van der Waals surface area contributed by atoms with E-state index in [2.05, 4.69) is 22.9 Å². The van der Waals surface area contributed by atoms with Crippen molar-refractivity contribution in [2.45, 2.75) is 44.8 Å². The summed E-state index contributed by atoms with van der Waals surface area (Å²) in [6.07, 6.45) is 8.69. The van der Waals surface area contributed by atoms with Gasteiger partial charge >= 0.3 is 0 Å². The molecular weight excluding hydrogens is 332 g/mol. The molecule has 0 amide bonds. The molecule has 1 atom stereocenters. The molecule has 0 saturated heterocycles. The molecule has 4 nitrogen and oxygen atoms in total. The maximum absolute atomic E-state index is 6.24. The lowest BCUT2D eigenvalue weighted by Gasteiger charge is -2.26. The fourth-order valence-corrected chi connectivity index (χ4v) is 4.26. The van der Waals surface area contributed by atoms with Gasteiger partial charge in [-0.25, -0.2) is 0 Å². The molecule has 2 heterocycles. The van der Waals surface area contributed by atoms with Crippen molar-refractivity contribution < 1.29 is 9.47 Å². The first kappa shape index (κ1) is 16.3. The van der Waals surface area contributed by atoms with E-state index in [0.717, 1.165) is 40.6 Å². The molecule has 0 radical (unpaired) electrons. The molecule has 130 valence electrons. The number of hydrogen-bond donors (Lipinski definition) is 0. The number of ether oxygens (including phenoxy) is 2. The van der Waals surface area contributed by atoms with Crippen LogP contribution in [0.3, 0.4) is 0 Å². The molecule has 1 fully saturated rings. The summed E-state index contributed by atoms with van der Waals surface area (Å²) in [6, 6.07) is 8.22. The van der Waals surface area contributed by atoms with Gasteiger partial charge in [-0.05, 0) is 50.8 Å². The van der Waals surface area contributed by atoms with Crippen molar-refractivity contribution in [2.24, 2.45) is 0 Å². The second-order valence-corrected chi connectivity index (χ2v) is 7.06. The zero-order valence-corrected chi connectivity index (χ0v) is 15.4. The van der Waals surface area contributed by atoms with Gasteiger partial charge in [0.25, 0.3) is 0 Å². The van der Waals surface area contributed by atoms with E-state index in [-0.39, 0.29) is 12.1 Å². The van der Waals surface area contributed by atoms with Crippen molar-refractivity contribution in [3.8, 4) is 11.5 Å². The summed E-state index contributed by atoms with van der Waals surface area (Å²) in [7, 11) is 1.68. The molecule has 1 aromatic heterocycles. The number of aromatic nitrogens is 1. The average Bonchev–Trinajstić information content (AvgIpc) is 3.23. The van der Waals surface area contributed by atoms with Crippen molar-refractivity contribution in [3.05, 3.63) is 47.8 Å². The quantitative estimate of drug-likeness (QED) is 0.746. The van der Waals surface area contributed by atoms with E-state index in [4.69, 9.17) is 21.7 Å². The predicted molar refractivity (Wildman–Crippen MR) is 103 cm³/mol. The van der Waals surface area contributed by atoms with Crippen LogP contribution in [0, 0.1) is 0 Å². The number of methoxy groups -OCH3 is 1. The molecule has 25 heavy (non-hydrogen) atoms. The van der Waals surface area contributed by atoms with Crippen LogP contribution in [0.4, 0.5) is 5.69 Å². The molecule has 4 rings (SSSR count). The van der Waals surface area contributed by atoms with Crippen molar-refractivity contribution >= 4 is 22.9 Å². The third-order valence-corrected chi connectivity index (χ3v) is 5.58. The zero-order valence-electron chi connectivity index (χ0n) is 14.6. The van der Waals surface area contributed by atoms with E-state index >= 15 is 0 Å². The van der Waals surface area contributed by atoms with Gasteiger partial charge in [0.15, 0.2) is 11.5 Å². The number of anilines is 1. The van der Waals surface area contributed by atoms with Crippen molar-refractivity contribution in [2.75, 3.05) is 12.0 Å². The molecular formula is C20H22N2O2S. The SMILES string of the molecule is COc1ccc(N2C(=S)c3ccncc3C2C)cc1OC1CCCC1. The number of pyridine rings is 1. The molecule has 1 unspecified atom stereocenters. The Morgan fingerprint density at radius 2 is 1.96 bits per heavy atom. The van der Waals surface area contributed by atoms with Crippen LogP contribution in [0.5, 0.6) is 11.5 Å². The maximum Gasteiger partial charge on any atom is 0.163 e. The summed E-state index contributed by atoms with van der Waals surface area (Å²) >= 11 is 5.73. The third-order valence-electron chi connectivity index (χ3n) is 5.16. The second kappa shape index (κ2) is 6.64. The molecule has 2 aromatic rings. The van der Waals surface area contributed by atoms with Crippen molar-refractivity contribution in [1.29, 1.82) is 0 Å². The minimum absolute atomic E-state index is 0.156. The lowest BCUT2D eigenvalue weighted by atomic mass is 10.1. The van der Waals surface area contributed by atoms with Crippen molar-refractivity contribution in [1.82, 2.24) is 4.98 Å².